The number of nitrogens with zero attached hydrogens (tertiary/aromatic N) is 2. The summed E-state index contributed by atoms with van der Waals surface area (Å²) in [5, 5.41) is 20.4. The van der Waals surface area contributed by atoms with Crippen molar-refractivity contribution in [2.24, 2.45) is 0 Å². The third kappa shape index (κ3) is 3.73. The number of benzene rings is 2. The minimum absolute atomic E-state index is 0.116. The van der Waals surface area contributed by atoms with Gasteiger partial charge >= 0.3 is 0 Å². The normalized spacial score (nSPS) is 14.2. The number of hydrogen-bond donors (Lipinski definition) is 1. The van der Waals surface area contributed by atoms with Crippen LogP contribution in [-0.4, -0.2) is 34.2 Å². The Hall–Kier alpha value is -2.68. The van der Waals surface area contributed by atoms with E-state index in [1.165, 1.54) is 24.3 Å². The maximum Gasteiger partial charge on any atom is 0.272 e. The Kier molecular flexibility index (Phi) is 5.59. The molecule has 0 atom stereocenters. The summed E-state index contributed by atoms with van der Waals surface area (Å²) in [7, 11) is 0. The quantitative estimate of drug-likeness (QED) is 0.450. The highest BCUT2D eigenvalue weighted by Gasteiger charge is 2.40. The number of rotatable bonds is 6. The Morgan fingerprint density at radius 1 is 1.04 bits per heavy atom. The van der Waals surface area contributed by atoms with Gasteiger partial charge in [-0.2, -0.15) is 0 Å². The molecule has 0 unspecified atom stereocenters. The lowest BCUT2D eigenvalue weighted by Crippen LogP contribution is -2.31. The van der Waals surface area contributed by atoms with Gasteiger partial charge in [0.05, 0.1) is 27.7 Å². The number of halogens is 1. The van der Waals surface area contributed by atoms with E-state index in [9.17, 15) is 19.7 Å². The van der Waals surface area contributed by atoms with Crippen LogP contribution in [-0.2, 0) is 9.59 Å². The molecule has 7 nitrogen and oxygen atoms in total. The number of anilines is 1. The van der Waals surface area contributed by atoms with Crippen LogP contribution in [0.25, 0.3) is 5.57 Å². The maximum absolute atomic E-state index is 13.0. The first-order chi connectivity index (χ1) is 12.9. The molecule has 1 N–H and O–H groups in total. The van der Waals surface area contributed by atoms with E-state index in [1.807, 2.05) is 0 Å². The standard InChI is InChI=1S/C18H13ClN2O5S/c19-12-3-7-13(8-4-12)20-17(23)15(16(18(20)24)27-10-9-22)11-1-5-14(6-2-11)21(25)26/h1-8,22H,9-10H2. The lowest BCUT2D eigenvalue weighted by atomic mass is 10.1. The third-order valence-electron chi connectivity index (χ3n) is 3.83. The lowest BCUT2D eigenvalue weighted by Gasteiger charge is -2.15. The van der Waals surface area contributed by atoms with Gasteiger partial charge in [-0.3, -0.25) is 19.7 Å². The van der Waals surface area contributed by atoms with Gasteiger partial charge in [0.1, 0.15) is 0 Å². The molecule has 2 aromatic carbocycles. The Labute approximate surface area is 163 Å². The molecule has 0 bridgehead atoms. The Balaban J connectivity index is 2.05. The molecule has 2 aromatic rings. The molecule has 0 fully saturated rings. The predicted molar refractivity (Wildman–Crippen MR) is 104 cm³/mol. The summed E-state index contributed by atoms with van der Waals surface area (Å²) >= 11 is 6.94. The molecule has 27 heavy (non-hydrogen) atoms. The van der Waals surface area contributed by atoms with Gasteiger partial charge in [0.25, 0.3) is 17.5 Å². The lowest BCUT2D eigenvalue weighted by molar-refractivity contribution is -0.384. The summed E-state index contributed by atoms with van der Waals surface area (Å²) in [5.74, 6) is -0.801. The van der Waals surface area contributed by atoms with E-state index >= 15 is 0 Å². The zero-order valence-electron chi connectivity index (χ0n) is 13.8. The second-order valence-electron chi connectivity index (χ2n) is 5.50. The number of hydrogen-bond acceptors (Lipinski definition) is 6. The molecule has 0 radical (unpaired) electrons. The van der Waals surface area contributed by atoms with Gasteiger partial charge in [-0.15, -0.1) is 11.8 Å². The molecule has 1 heterocycles. The Morgan fingerprint density at radius 2 is 1.67 bits per heavy atom. The molecular weight excluding hydrogens is 392 g/mol. The van der Waals surface area contributed by atoms with Gasteiger partial charge in [0.15, 0.2) is 0 Å². The Bertz CT molecular complexity index is 941. The van der Waals surface area contributed by atoms with E-state index < -0.39 is 16.7 Å². The summed E-state index contributed by atoms with van der Waals surface area (Å²) in [6, 6.07) is 11.7. The molecule has 9 heteroatoms. The second-order valence-corrected chi connectivity index (χ2v) is 7.04. The van der Waals surface area contributed by atoms with E-state index in [0.29, 0.717) is 16.3 Å². The van der Waals surface area contributed by atoms with Crippen LogP contribution in [0, 0.1) is 10.1 Å². The fourth-order valence-electron chi connectivity index (χ4n) is 2.62. The van der Waals surface area contributed by atoms with Crippen LogP contribution in [0.1, 0.15) is 5.56 Å². The highest BCUT2D eigenvalue weighted by atomic mass is 35.5. The van der Waals surface area contributed by atoms with Crippen molar-refractivity contribution in [2.75, 3.05) is 17.3 Å². The second kappa shape index (κ2) is 7.91. The van der Waals surface area contributed by atoms with Crippen molar-refractivity contribution in [1.82, 2.24) is 0 Å². The van der Waals surface area contributed by atoms with Gasteiger partial charge in [-0.1, -0.05) is 11.6 Å². The molecule has 1 aliphatic rings. The van der Waals surface area contributed by atoms with Crippen molar-refractivity contribution < 1.29 is 19.6 Å². The number of aliphatic hydroxyl groups is 1. The number of thioether (sulfide) groups is 1. The third-order valence-corrected chi connectivity index (χ3v) is 5.14. The fourth-order valence-corrected chi connectivity index (χ4v) is 3.61. The van der Waals surface area contributed by atoms with Crippen molar-refractivity contribution >= 4 is 52.1 Å². The van der Waals surface area contributed by atoms with Crippen molar-refractivity contribution in [1.29, 1.82) is 0 Å². The van der Waals surface area contributed by atoms with Crippen LogP contribution in [0.4, 0.5) is 11.4 Å². The summed E-state index contributed by atoms with van der Waals surface area (Å²) < 4.78 is 0. The average Bonchev–Trinajstić information content (AvgIpc) is 2.91. The molecule has 3 rings (SSSR count). The molecule has 1 aliphatic heterocycles. The zero-order valence-corrected chi connectivity index (χ0v) is 15.4. The zero-order chi connectivity index (χ0) is 19.6. The molecular formula is C18H13ClN2O5S. The van der Waals surface area contributed by atoms with Crippen molar-refractivity contribution in [3.63, 3.8) is 0 Å². The molecule has 0 spiro atoms. The van der Waals surface area contributed by atoms with Gasteiger partial charge in [-0.25, -0.2) is 4.90 Å². The van der Waals surface area contributed by atoms with Crippen LogP contribution < -0.4 is 4.90 Å². The van der Waals surface area contributed by atoms with E-state index in [2.05, 4.69) is 0 Å². The first-order valence-electron chi connectivity index (χ1n) is 7.81. The number of non-ortho nitro benzene ring substituents is 1. The number of carbonyl (C=O) groups excluding carboxylic acids is 2. The van der Waals surface area contributed by atoms with Crippen molar-refractivity contribution in [2.45, 2.75) is 0 Å². The topological polar surface area (TPSA) is 101 Å². The highest BCUT2D eigenvalue weighted by Crippen LogP contribution is 2.38. The molecule has 2 amide bonds. The van der Waals surface area contributed by atoms with Crippen LogP contribution in [0.3, 0.4) is 0 Å². The van der Waals surface area contributed by atoms with Crippen molar-refractivity contribution in [3.05, 3.63) is 74.1 Å². The highest BCUT2D eigenvalue weighted by molar-refractivity contribution is 8.04. The van der Waals surface area contributed by atoms with Crippen molar-refractivity contribution in [3.8, 4) is 0 Å². The first kappa shape index (κ1) is 19.1. The molecule has 0 aromatic heterocycles. The number of carbonyl (C=O) groups is 2. The number of nitro groups is 1. The van der Waals surface area contributed by atoms with Gasteiger partial charge in [0.2, 0.25) is 0 Å². The molecule has 138 valence electrons. The van der Waals surface area contributed by atoms with E-state index in [4.69, 9.17) is 16.7 Å². The summed E-state index contributed by atoms with van der Waals surface area (Å²) in [6.45, 7) is -0.163. The molecule has 0 saturated carbocycles. The van der Waals surface area contributed by atoms with E-state index in [0.717, 1.165) is 16.7 Å². The van der Waals surface area contributed by atoms with Crippen LogP contribution >= 0.6 is 23.4 Å². The summed E-state index contributed by atoms with van der Waals surface area (Å²) in [6.07, 6.45) is 0. The largest absolute Gasteiger partial charge is 0.396 e. The molecule has 0 aliphatic carbocycles. The van der Waals surface area contributed by atoms with E-state index in [-0.39, 0.29) is 28.5 Å². The molecule has 0 saturated heterocycles. The predicted octanol–water partition coefficient (Wildman–Crippen LogP) is 3.26. The fraction of sp³-hybridized carbons (Fsp3) is 0.111. The first-order valence-corrected chi connectivity index (χ1v) is 9.17. The monoisotopic (exact) mass is 404 g/mol. The van der Waals surface area contributed by atoms with Crippen LogP contribution in [0.5, 0.6) is 0 Å². The van der Waals surface area contributed by atoms with Crippen LogP contribution in [0.2, 0.25) is 5.02 Å². The number of amides is 2. The van der Waals surface area contributed by atoms with Gasteiger partial charge < -0.3 is 5.11 Å². The summed E-state index contributed by atoms with van der Waals surface area (Å²) in [5.41, 5.74) is 0.808. The minimum Gasteiger partial charge on any atom is -0.396 e. The van der Waals surface area contributed by atoms with E-state index in [1.54, 1.807) is 24.3 Å². The number of aliphatic hydroxyl groups excluding tert-OH is 1. The number of imide groups is 1. The minimum atomic E-state index is -0.540. The average molecular weight is 405 g/mol. The number of nitro benzene ring substituents is 1. The van der Waals surface area contributed by atoms with Crippen LogP contribution in [0.15, 0.2) is 53.4 Å². The summed E-state index contributed by atoms with van der Waals surface area (Å²) in [4.78, 5) is 37.4. The Morgan fingerprint density at radius 3 is 2.22 bits per heavy atom. The van der Waals surface area contributed by atoms with Gasteiger partial charge in [0, 0.05) is 22.9 Å². The smallest absolute Gasteiger partial charge is 0.272 e. The van der Waals surface area contributed by atoms with Gasteiger partial charge in [-0.05, 0) is 42.0 Å². The SMILES string of the molecule is O=C1C(SCCO)=C(c2ccc([N+](=O)[O-])cc2)C(=O)N1c1ccc(Cl)cc1. The maximum atomic E-state index is 13.0.